The van der Waals surface area contributed by atoms with E-state index in [0.717, 1.165) is 19.5 Å². The Bertz CT molecular complexity index is 338. The number of rotatable bonds is 3. The minimum absolute atomic E-state index is 0.0830. The summed E-state index contributed by atoms with van der Waals surface area (Å²) in [4.78, 5) is 25.4. The van der Waals surface area contributed by atoms with Crippen LogP contribution in [0, 0.1) is 0 Å². The summed E-state index contributed by atoms with van der Waals surface area (Å²) in [6.45, 7) is 8.55. The Kier molecular flexibility index (Phi) is 5.17. The first-order valence-electron chi connectivity index (χ1n) is 6.56. The van der Waals surface area contributed by atoms with Crippen molar-refractivity contribution in [3.05, 3.63) is 0 Å². The second kappa shape index (κ2) is 6.23. The van der Waals surface area contributed by atoms with Gasteiger partial charge in [0.05, 0.1) is 0 Å². The van der Waals surface area contributed by atoms with Crippen LogP contribution in [-0.4, -0.2) is 54.8 Å². The molecule has 0 radical (unpaired) electrons. The topological polar surface area (TPSA) is 67.9 Å². The number of hydrogen-bond acceptors (Lipinski definition) is 5. The van der Waals surface area contributed by atoms with E-state index in [1.54, 1.807) is 27.7 Å². The molecule has 110 valence electrons. The number of nitrogens with one attached hydrogen (secondary N) is 1. The van der Waals surface area contributed by atoms with Crippen LogP contribution in [0.15, 0.2) is 0 Å². The zero-order valence-electron chi connectivity index (χ0n) is 12.4. The fourth-order valence-electron chi connectivity index (χ4n) is 1.80. The van der Waals surface area contributed by atoms with Gasteiger partial charge in [0.25, 0.3) is 0 Å². The van der Waals surface area contributed by atoms with Gasteiger partial charge >= 0.3 is 12.1 Å². The van der Waals surface area contributed by atoms with Crippen molar-refractivity contribution >= 4 is 12.1 Å². The Morgan fingerprint density at radius 3 is 2.47 bits per heavy atom. The summed E-state index contributed by atoms with van der Waals surface area (Å²) in [6, 6.07) is -0.708. The molecule has 0 spiro atoms. The molecule has 1 fully saturated rings. The van der Waals surface area contributed by atoms with E-state index >= 15 is 0 Å². The normalized spacial score (nSPS) is 21.8. The van der Waals surface area contributed by atoms with Crippen molar-refractivity contribution in [1.29, 1.82) is 0 Å². The van der Waals surface area contributed by atoms with Gasteiger partial charge in [-0.3, -0.25) is 0 Å². The molecule has 1 aliphatic heterocycles. The van der Waals surface area contributed by atoms with Gasteiger partial charge in [0.15, 0.2) is 0 Å². The molecule has 0 saturated carbocycles. The van der Waals surface area contributed by atoms with E-state index in [-0.39, 0.29) is 6.10 Å². The maximum atomic E-state index is 11.8. The second-order valence-electron chi connectivity index (χ2n) is 5.98. The van der Waals surface area contributed by atoms with E-state index in [2.05, 4.69) is 10.2 Å². The van der Waals surface area contributed by atoms with Gasteiger partial charge in [-0.15, -0.1) is 0 Å². The average Bonchev–Trinajstić information content (AvgIpc) is 2.60. The number of carbonyl (C=O) groups is 2. The highest BCUT2D eigenvalue weighted by Crippen LogP contribution is 2.11. The van der Waals surface area contributed by atoms with Crippen LogP contribution >= 0.6 is 0 Å². The molecule has 6 nitrogen and oxygen atoms in total. The molecule has 1 heterocycles. The summed E-state index contributed by atoms with van der Waals surface area (Å²) in [7, 11) is 1.98. The Balaban J connectivity index is 2.34. The zero-order chi connectivity index (χ0) is 14.6. The molecule has 1 aliphatic rings. The van der Waals surface area contributed by atoms with Gasteiger partial charge < -0.3 is 19.7 Å². The lowest BCUT2D eigenvalue weighted by Crippen LogP contribution is -2.43. The van der Waals surface area contributed by atoms with Crippen molar-refractivity contribution in [2.75, 3.05) is 20.1 Å². The van der Waals surface area contributed by atoms with E-state index in [0.29, 0.717) is 0 Å². The first-order valence-corrected chi connectivity index (χ1v) is 6.56. The Labute approximate surface area is 114 Å². The van der Waals surface area contributed by atoms with Crippen LogP contribution in [0.25, 0.3) is 0 Å². The molecule has 2 atom stereocenters. The highest BCUT2D eigenvalue weighted by molar-refractivity contribution is 5.81. The maximum Gasteiger partial charge on any atom is 0.408 e. The number of amides is 1. The predicted molar refractivity (Wildman–Crippen MR) is 70.8 cm³/mol. The lowest BCUT2D eigenvalue weighted by molar-refractivity contribution is -0.150. The summed E-state index contributed by atoms with van der Waals surface area (Å²) in [5.74, 6) is -0.425. The quantitative estimate of drug-likeness (QED) is 0.781. The fraction of sp³-hybridized carbons (Fsp3) is 0.846. The third-order valence-electron chi connectivity index (χ3n) is 2.72. The van der Waals surface area contributed by atoms with Gasteiger partial charge in [-0.25, -0.2) is 9.59 Å². The molecule has 6 heteroatoms. The van der Waals surface area contributed by atoms with E-state index in [1.165, 1.54) is 0 Å². The molecular weight excluding hydrogens is 248 g/mol. The van der Waals surface area contributed by atoms with Crippen LogP contribution < -0.4 is 5.32 Å². The Morgan fingerprint density at radius 2 is 2.00 bits per heavy atom. The average molecular weight is 272 g/mol. The van der Waals surface area contributed by atoms with Crippen molar-refractivity contribution in [3.8, 4) is 0 Å². The number of esters is 1. The smallest absolute Gasteiger partial charge is 0.408 e. The van der Waals surface area contributed by atoms with E-state index in [1.807, 2.05) is 7.05 Å². The molecule has 0 unspecified atom stereocenters. The summed E-state index contributed by atoms with van der Waals surface area (Å²) >= 11 is 0. The molecule has 0 aromatic rings. The molecule has 0 aromatic carbocycles. The van der Waals surface area contributed by atoms with Crippen molar-refractivity contribution in [2.45, 2.75) is 51.9 Å². The van der Waals surface area contributed by atoms with Crippen LogP contribution in [0.2, 0.25) is 0 Å². The molecule has 19 heavy (non-hydrogen) atoms. The van der Waals surface area contributed by atoms with E-state index in [9.17, 15) is 9.59 Å². The lowest BCUT2D eigenvalue weighted by Gasteiger charge is -2.22. The zero-order valence-corrected chi connectivity index (χ0v) is 12.4. The monoisotopic (exact) mass is 272 g/mol. The molecule has 0 aliphatic carbocycles. The standard InChI is InChI=1S/C13H24N2O4/c1-9(14-12(17)19-13(2,3)4)11(16)18-10-6-7-15(5)8-10/h9-10H,6-8H2,1-5H3,(H,14,17)/t9-,10-/m0/s1. The highest BCUT2D eigenvalue weighted by atomic mass is 16.6. The predicted octanol–water partition coefficient (Wildman–Crippen LogP) is 1.15. The third kappa shape index (κ3) is 5.92. The van der Waals surface area contributed by atoms with Crippen molar-refractivity contribution < 1.29 is 19.1 Å². The molecular formula is C13H24N2O4. The SMILES string of the molecule is C[C@H](NC(=O)OC(C)(C)C)C(=O)O[C@H]1CCN(C)C1. The minimum atomic E-state index is -0.708. The number of carbonyl (C=O) groups excluding carboxylic acids is 2. The number of likely N-dealkylation sites (N-methyl/N-ethyl adjacent to an activating group) is 1. The van der Waals surface area contributed by atoms with Gasteiger partial charge in [-0.2, -0.15) is 0 Å². The van der Waals surface area contributed by atoms with Gasteiger partial charge in [0.1, 0.15) is 17.7 Å². The minimum Gasteiger partial charge on any atom is -0.459 e. The maximum absolute atomic E-state index is 11.8. The van der Waals surface area contributed by atoms with Crippen molar-refractivity contribution in [1.82, 2.24) is 10.2 Å². The van der Waals surface area contributed by atoms with Gasteiger partial charge in [-0.1, -0.05) is 0 Å². The molecule has 0 aromatic heterocycles. The first kappa shape index (κ1) is 15.8. The Hall–Kier alpha value is -1.30. The van der Waals surface area contributed by atoms with Gasteiger partial charge in [0.2, 0.25) is 0 Å². The highest BCUT2D eigenvalue weighted by Gasteiger charge is 2.27. The molecule has 1 rings (SSSR count). The Morgan fingerprint density at radius 1 is 1.37 bits per heavy atom. The number of hydrogen-bond donors (Lipinski definition) is 1. The van der Waals surface area contributed by atoms with Crippen molar-refractivity contribution in [3.63, 3.8) is 0 Å². The van der Waals surface area contributed by atoms with Crippen LogP contribution in [0.3, 0.4) is 0 Å². The second-order valence-corrected chi connectivity index (χ2v) is 5.98. The molecule has 0 bridgehead atoms. The van der Waals surface area contributed by atoms with Crippen LogP contribution in [0.5, 0.6) is 0 Å². The van der Waals surface area contributed by atoms with Crippen LogP contribution in [0.1, 0.15) is 34.1 Å². The van der Waals surface area contributed by atoms with Crippen LogP contribution in [-0.2, 0) is 14.3 Å². The summed E-state index contributed by atoms with van der Waals surface area (Å²) < 4.78 is 10.4. The number of nitrogens with zero attached hydrogens (tertiary/aromatic N) is 1. The van der Waals surface area contributed by atoms with Crippen LogP contribution in [0.4, 0.5) is 4.79 Å². The van der Waals surface area contributed by atoms with E-state index in [4.69, 9.17) is 9.47 Å². The number of likely N-dealkylation sites (tertiary alicyclic amines) is 1. The summed E-state index contributed by atoms with van der Waals surface area (Å²) in [6.07, 6.45) is 0.141. The fourth-order valence-corrected chi connectivity index (χ4v) is 1.80. The summed E-state index contributed by atoms with van der Waals surface area (Å²) in [5, 5.41) is 2.47. The van der Waals surface area contributed by atoms with Gasteiger partial charge in [-0.05, 0) is 41.2 Å². The molecule has 1 N–H and O–H groups in total. The largest absolute Gasteiger partial charge is 0.459 e. The first-order chi connectivity index (χ1) is 8.67. The molecule has 1 saturated heterocycles. The lowest BCUT2D eigenvalue weighted by atomic mass is 10.2. The number of ether oxygens (including phenoxy) is 2. The van der Waals surface area contributed by atoms with Crippen molar-refractivity contribution in [2.24, 2.45) is 0 Å². The van der Waals surface area contributed by atoms with Gasteiger partial charge in [0, 0.05) is 13.1 Å². The molecule has 1 amide bonds. The number of alkyl carbamates (subject to hydrolysis) is 1. The third-order valence-corrected chi connectivity index (χ3v) is 2.72. The van der Waals surface area contributed by atoms with E-state index < -0.39 is 23.7 Å². The summed E-state index contributed by atoms with van der Waals surface area (Å²) in [5.41, 5.74) is -0.581.